The molecule has 0 heterocycles. The molecule has 1 rings (SSSR count). The number of primary amides is 3. The summed E-state index contributed by atoms with van der Waals surface area (Å²) in [7, 11) is 0. The Morgan fingerprint density at radius 1 is 0.374 bits per heavy atom. The second kappa shape index (κ2) is 49.1. The summed E-state index contributed by atoms with van der Waals surface area (Å²) in [5, 5.41) is 35.9. The molecule has 0 aliphatic heterocycles. The Balaban J connectivity index is 3.85. The fraction of sp³-hybridized carbons (Fsp3) is 0.656. The smallest absolute Gasteiger partial charge is 0.243 e. The van der Waals surface area contributed by atoms with Gasteiger partial charge in [-0.1, -0.05) is 26.0 Å². The third-order valence-corrected chi connectivity index (χ3v) is 15.3. The fourth-order valence-corrected chi connectivity index (χ4v) is 9.86. The van der Waals surface area contributed by atoms with Crippen LogP contribution in [0, 0.1) is 5.92 Å². The maximum Gasteiger partial charge on any atom is 0.243 e. The van der Waals surface area contributed by atoms with Crippen LogP contribution in [-0.2, 0) is 68.7 Å². The summed E-state index contributed by atoms with van der Waals surface area (Å²) >= 11 is 0. The van der Waals surface area contributed by atoms with Crippen LogP contribution in [0.1, 0.15) is 141 Å². The molecule has 99 heavy (non-hydrogen) atoms. The molecule has 0 saturated carbocycles. The van der Waals surface area contributed by atoms with Gasteiger partial charge < -0.3 is 127 Å². The number of aromatic hydroxyl groups is 1. The minimum atomic E-state index is -1.67. The summed E-state index contributed by atoms with van der Waals surface area (Å²) in [5.74, 6) is -13.3. The van der Waals surface area contributed by atoms with E-state index < -0.39 is 169 Å². The fourth-order valence-electron chi connectivity index (χ4n) is 9.86. The Hall–Kier alpha value is -9.53. The number of phenols is 1. The number of amides is 13. The minimum absolute atomic E-state index is 0.0162. The van der Waals surface area contributed by atoms with E-state index in [-0.39, 0.29) is 114 Å². The van der Waals surface area contributed by atoms with Gasteiger partial charge in [0.1, 0.15) is 66.2 Å². The number of nitrogens with zero attached hydrogens (tertiary/aromatic N) is 2. The molecule has 0 aliphatic rings. The number of benzene rings is 1. The zero-order valence-corrected chi connectivity index (χ0v) is 56.8. The second-order valence-electron chi connectivity index (χ2n) is 24.0. The van der Waals surface area contributed by atoms with Crippen molar-refractivity contribution in [3.05, 3.63) is 29.8 Å². The molecular weight excluding hydrogens is 1290 g/mol. The predicted octanol–water partition coefficient (Wildman–Crippen LogP) is -8.35. The summed E-state index contributed by atoms with van der Waals surface area (Å²) in [5.41, 5.74) is 67.5. The quantitative estimate of drug-likeness (QED) is 0.0164. The molecule has 1 aromatic carbocycles. The molecule has 0 bridgehead atoms. The van der Waals surface area contributed by atoms with Crippen LogP contribution in [-0.4, -0.2) is 200 Å². The van der Waals surface area contributed by atoms with Crippen molar-refractivity contribution in [2.24, 2.45) is 84.7 Å². The van der Waals surface area contributed by atoms with Gasteiger partial charge in [-0.3, -0.25) is 72.3 Å². The molecule has 10 unspecified atom stereocenters. The average molecular weight is 1400 g/mol. The first-order valence-corrected chi connectivity index (χ1v) is 33.2. The first kappa shape index (κ1) is 87.5. The highest BCUT2D eigenvalue weighted by atomic mass is 16.3. The largest absolute Gasteiger partial charge is 0.508 e. The van der Waals surface area contributed by atoms with Crippen LogP contribution >= 0.6 is 0 Å². The van der Waals surface area contributed by atoms with E-state index in [0.717, 1.165) is 0 Å². The molecule has 0 fully saturated rings. The van der Waals surface area contributed by atoms with Gasteiger partial charge in [-0.15, -0.1) is 0 Å². The number of rotatable bonds is 53. The van der Waals surface area contributed by atoms with E-state index in [4.69, 9.17) is 68.8 Å². The van der Waals surface area contributed by atoms with Gasteiger partial charge in [0.05, 0.1) is 13.0 Å². The molecule has 0 aromatic heterocycles. The lowest BCUT2D eigenvalue weighted by atomic mass is 10.00. The third-order valence-electron chi connectivity index (χ3n) is 15.3. The molecule has 13 amide bonds. The summed E-state index contributed by atoms with van der Waals surface area (Å²) in [6.45, 7) is 3.55. The number of aliphatic imine (C=N–C) groups is 2. The number of hydrogen-bond acceptors (Lipinski definition) is 21. The van der Waals surface area contributed by atoms with Crippen molar-refractivity contribution >= 4 is 88.7 Å². The van der Waals surface area contributed by atoms with Crippen LogP contribution in [0.5, 0.6) is 5.75 Å². The number of hydrogen-bond donors (Lipinski definition) is 23. The van der Waals surface area contributed by atoms with E-state index in [0.29, 0.717) is 57.2 Å². The summed E-state index contributed by atoms with van der Waals surface area (Å²) in [6.07, 6.45) is 0.874. The number of nitrogens with one attached hydrogen (secondary N) is 10. The van der Waals surface area contributed by atoms with E-state index in [1.54, 1.807) is 13.8 Å². The Morgan fingerprint density at radius 2 is 0.697 bits per heavy atom. The Kier molecular flexibility index (Phi) is 43.3. The molecule has 38 heteroatoms. The Labute approximate surface area is 576 Å². The van der Waals surface area contributed by atoms with Gasteiger partial charge in [0.2, 0.25) is 76.8 Å². The maximum absolute atomic E-state index is 14.7. The molecule has 0 spiro atoms. The molecule has 0 radical (unpaired) electrons. The maximum atomic E-state index is 14.7. The van der Waals surface area contributed by atoms with Crippen LogP contribution < -0.4 is 122 Å². The van der Waals surface area contributed by atoms with Crippen molar-refractivity contribution in [3.8, 4) is 5.75 Å². The van der Waals surface area contributed by atoms with Gasteiger partial charge in [-0.25, -0.2) is 0 Å². The summed E-state index contributed by atoms with van der Waals surface area (Å²) < 4.78 is 0. The van der Waals surface area contributed by atoms with Gasteiger partial charge in [0, 0.05) is 25.9 Å². The highest BCUT2D eigenvalue weighted by Crippen LogP contribution is 2.15. The van der Waals surface area contributed by atoms with Crippen LogP contribution in [0.25, 0.3) is 0 Å². The van der Waals surface area contributed by atoms with E-state index in [1.165, 1.54) is 24.3 Å². The molecular formula is C61H110N24O14. The number of phenolic OH excluding ortho intramolecular Hbond substituents is 1. The van der Waals surface area contributed by atoms with Gasteiger partial charge in [-0.2, -0.15) is 0 Å². The number of carbonyl (C=O) groups excluding carboxylic acids is 13. The predicted molar refractivity (Wildman–Crippen MR) is 368 cm³/mol. The Morgan fingerprint density at radius 3 is 1.06 bits per heavy atom. The van der Waals surface area contributed by atoms with Crippen molar-refractivity contribution in [3.63, 3.8) is 0 Å². The Bertz CT molecular complexity index is 2820. The average Bonchev–Trinajstić information content (AvgIpc) is 0.868. The van der Waals surface area contributed by atoms with E-state index >= 15 is 0 Å². The summed E-state index contributed by atoms with van der Waals surface area (Å²) in [6, 6.07) is -8.95. The van der Waals surface area contributed by atoms with Crippen LogP contribution in [0.4, 0.5) is 0 Å². The van der Waals surface area contributed by atoms with Gasteiger partial charge in [-0.05, 0) is 159 Å². The number of carbonyl (C=O) groups is 13. The van der Waals surface area contributed by atoms with Crippen molar-refractivity contribution in [2.75, 3.05) is 45.8 Å². The number of guanidine groups is 2. The second-order valence-corrected chi connectivity index (χ2v) is 24.0. The van der Waals surface area contributed by atoms with Crippen molar-refractivity contribution in [1.29, 1.82) is 0 Å². The number of nitrogens with two attached hydrogens (primary N) is 12. The monoisotopic (exact) mass is 1400 g/mol. The first-order chi connectivity index (χ1) is 46.9. The highest BCUT2D eigenvalue weighted by Gasteiger charge is 2.37. The topological polar surface area (TPSA) is 699 Å². The van der Waals surface area contributed by atoms with Crippen molar-refractivity contribution < 1.29 is 67.4 Å². The van der Waals surface area contributed by atoms with Crippen LogP contribution in [0.2, 0.25) is 0 Å². The van der Waals surface area contributed by atoms with Gasteiger partial charge in [0.25, 0.3) is 0 Å². The van der Waals surface area contributed by atoms with E-state index in [9.17, 15) is 67.4 Å². The van der Waals surface area contributed by atoms with Crippen LogP contribution in [0.3, 0.4) is 0 Å². The molecule has 10 atom stereocenters. The zero-order valence-electron chi connectivity index (χ0n) is 56.8. The van der Waals surface area contributed by atoms with Gasteiger partial charge in [0.15, 0.2) is 11.9 Å². The standard InChI is InChI=1S/C61H110N24O14/c1-34(2)49(59(99)82-40(16-6-10-28-65)53(93)84-45(32-47(68)88)58(98)77-37(50(69)90)13-3-7-25-62)85-56(96)42(18-12-30-75-61(72)73)79-55(95)43(23-24-46(67)87)81-52(92)39(15-5-9-27-64)80-57(97)44(31-35-19-21-36(86)22-20-35)83-54(94)41(17-11-29-74-60(70)71)78-51(91)38(14-4-8-26-63)76-48(89)33-66/h19-22,34,37-45,49,86H,3-18,23-33,62-66H2,1-2H3,(H2,67,87)(H2,68,88)(H2,69,90)(H,76,89)(H,77,98)(H,78,91)(H,79,95)(H,80,97)(H,81,92)(H,82,99)(H,83,94)(H,84,93)(H,85,96)(H4,70,71,74)(H4,72,73,75). The molecule has 0 aliphatic carbocycles. The lowest BCUT2D eigenvalue weighted by molar-refractivity contribution is -0.137. The van der Waals surface area contributed by atoms with E-state index in [1.807, 2.05) is 0 Å². The molecule has 1 aromatic rings. The van der Waals surface area contributed by atoms with Crippen molar-refractivity contribution in [2.45, 2.75) is 203 Å². The van der Waals surface area contributed by atoms with Crippen LogP contribution in [0.15, 0.2) is 34.3 Å². The SMILES string of the molecule is CC(C)C(NC(=O)C(CCCN=C(N)N)NC(=O)C(CCC(N)=O)NC(=O)C(CCCCN)NC(=O)C(Cc1ccc(O)cc1)NC(=O)C(CCCN=C(N)N)NC(=O)C(CCCCN)NC(=O)CN)C(=O)NC(CCCCN)C(=O)NC(CC(N)=O)C(=O)NC(CCCCN)C(N)=O. The first-order valence-electron chi connectivity index (χ1n) is 33.2. The lowest BCUT2D eigenvalue weighted by Gasteiger charge is -2.29. The molecule has 35 N–H and O–H groups in total. The van der Waals surface area contributed by atoms with Gasteiger partial charge >= 0.3 is 0 Å². The van der Waals surface area contributed by atoms with Crippen molar-refractivity contribution in [1.82, 2.24) is 53.2 Å². The highest BCUT2D eigenvalue weighted by molar-refractivity contribution is 6.00. The molecule has 558 valence electrons. The molecule has 0 saturated heterocycles. The number of unbranched alkanes of at least 4 members (excludes halogenated alkanes) is 4. The normalized spacial score (nSPS) is 14.0. The third kappa shape index (κ3) is 37.1. The summed E-state index contributed by atoms with van der Waals surface area (Å²) in [4.78, 5) is 186. The minimum Gasteiger partial charge on any atom is -0.508 e. The molecule has 38 nitrogen and oxygen atoms in total. The lowest BCUT2D eigenvalue weighted by Crippen LogP contribution is -2.61. The zero-order chi connectivity index (χ0) is 74.6. The van der Waals surface area contributed by atoms with E-state index in [2.05, 4.69) is 63.2 Å².